The number of amides is 3. The van der Waals surface area contributed by atoms with E-state index in [1.807, 2.05) is 0 Å². The molecular weight excluding hydrogens is 627 g/mol. The zero-order valence-electron chi connectivity index (χ0n) is 18.3. The molecule has 0 fully saturated rings. The first-order chi connectivity index (χ1) is 17.8. The summed E-state index contributed by atoms with van der Waals surface area (Å²) < 4.78 is 0. The number of imide groups is 1. The van der Waals surface area contributed by atoms with Crippen LogP contribution in [0.1, 0.15) is 41.4 Å². The number of nitro benzene ring substituents is 1. The van der Waals surface area contributed by atoms with Crippen molar-refractivity contribution < 1.29 is 24.1 Å². The highest BCUT2D eigenvalue weighted by molar-refractivity contribution is 6.55. The number of nitro groups is 1. The number of nitrogens with zero attached hydrogens (tertiary/aromatic N) is 3. The van der Waals surface area contributed by atoms with Gasteiger partial charge in [-0.05, 0) is 30.3 Å². The number of non-ortho nitro benzene ring substituents is 1. The normalized spacial score (nSPS) is 12.5. The van der Waals surface area contributed by atoms with Crippen molar-refractivity contribution >= 4 is 98.8 Å². The number of hydrogen-bond donors (Lipinski definition) is 0. The van der Waals surface area contributed by atoms with Gasteiger partial charge in [-0.1, -0.05) is 69.6 Å². The van der Waals surface area contributed by atoms with Gasteiger partial charge in [0.05, 0.1) is 41.2 Å². The van der Waals surface area contributed by atoms with E-state index < -0.39 is 46.1 Å². The predicted molar refractivity (Wildman–Crippen MR) is 142 cm³/mol. The van der Waals surface area contributed by atoms with Crippen molar-refractivity contribution in [3.63, 3.8) is 0 Å². The van der Waals surface area contributed by atoms with E-state index in [2.05, 4.69) is 0 Å². The Morgan fingerprint density at radius 1 is 0.816 bits per heavy atom. The number of benzene rings is 3. The number of Topliss-reactive ketones (excluding diaryl/α,β-unsaturated/α-hetero) is 1. The molecule has 3 amide bonds. The summed E-state index contributed by atoms with van der Waals surface area (Å²) in [7, 11) is 0. The molecule has 194 valence electrons. The maximum Gasteiger partial charge on any atom is 0.282 e. The van der Waals surface area contributed by atoms with Crippen LogP contribution in [-0.4, -0.2) is 45.0 Å². The van der Waals surface area contributed by atoms with E-state index in [9.17, 15) is 29.3 Å². The highest BCUT2D eigenvalue weighted by atomic mass is 35.5. The quantitative estimate of drug-likeness (QED) is 0.0715. The monoisotopic (exact) mass is 633 g/mol. The summed E-state index contributed by atoms with van der Waals surface area (Å²) in [5.41, 5.74) is -1.41. The Balaban J connectivity index is 1.82. The van der Waals surface area contributed by atoms with Crippen LogP contribution >= 0.6 is 69.6 Å². The van der Waals surface area contributed by atoms with Gasteiger partial charge in [-0.2, -0.15) is 5.01 Å². The first-order valence-corrected chi connectivity index (χ1v) is 12.4. The largest absolute Gasteiger partial charge is 0.292 e. The lowest BCUT2D eigenvalue weighted by atomic mass is 10.1. The Morgan fingerprint density at radius 2 is 1.34 bits per heavy atom. The first kappa shape index (κ1) is 28.1. The minimum atomic E-state index is -1.11. The highest BCUT2D eigenvalue weighted by Crippen LogP contribution is 2.45. The fourth-order valence-corrected chi connectivity index (χ4v) is 5.13. The number of halogens is 6. The van der Waals surface area contributed by atoms with Crippen LogP contribution in [0.2, 0.25) is 30.1 Å². The van der Waals surface area contributed by atoms with Gasteiger partial charge in [0.15, 0.2) is 5.78 Å². The number of hydrazine groups is 1. The number of hydrogen-bond acceptors (Lipinski definition) is 6. The molecule has 0 unspecified atom stereocenters. The molecule has 4 rings (SSSR count). The lowest BCUT2D eigenvalue weighted by molar-refractivity contribution is -0.384. The van der Waals surface area contributed by atoms with Gasteiger partial charge in [-0.15, -0.1) is 0 Å². The van der Waals surface area contributed by atoms with Gasteiger partial charge in [0.25, 0.3) is 23.4 Å². The van der Waals surface area contributed by atoms with Gasteiger partial charge in [0.2, 0.25) is 0 Å². The van der Waals surface area contributed by atoms with Crippen LogP contribution in [0, 0.1) is 10.1 Å². The topological polar surface area (TPSA) is 118 Å². The molecule has 1 heterocycles. The number of ketones is 1. The van der Waals surface area contributed by atoms with E-state index in [-0.39, 0.29) is 47.0 Å². The van der Waals surface area contributed by atoms with Crippen molar-refractivity contribution in [2.45, 2.75) is 0 Å². The molecule has 3 aromatic rings. The zero-order chi connectivity index (χ0) is 28.0. The summed E-state index contributed by atoms with van der Waals surface area (Å²) in [6.45, 7) is -0.862. The van der Waals surface area contributed by atoms with Crippen LogP contribution in [0.25, 0.3) is 0 Å². The third kappa shape index (κ3) is 4.82. The zero-order valence-corrected chi connectivity index (χ0v) is 22.8. The fourth-order valence-electron chi connectivity index (χ4n) is 3.60. The van der Waals surface area contributed by atoms with Gasteiger partial charge in [-0.25, -0.2) is 5.01 Å². The summed E-state index contributed by atoms with van der Waals surface area (Å²) in [6, 6.07) is 8.26. The molecular formula is C23H9Cl6N3O6. The van der Waals surface area contributed by atoms with E-state index in [4.69, 9.17) is 69.6 Å². The van der Waals surface area contributed by atoms with Gasteiger partial charge >= 0.3 is 0 Å². The summed E-state index contributed by atoms with van der Waals surface area (Å²) in [5.74, 6) is -4.02. The SMILES string of the molecule is O=C(CN(C(=O)c1ccc([N+](=O)[O-])cc1)N1C(=O)c2c(Cl)c(Cl)c(Cl)c(Cl)c2C1=O)c1ccc(Cl)cc1Cl. The lowest BCUT2D eigenvalue weighted by Crippen LogP contribution is -2.51. The van der Waals surface area contributed by atoms with Crippen molar-refractivity contribution in [1.82, 2.24) is 10.0 Å². The maximum atomic E-state index is 13.6. The molecule has 3 aromatic carbocycles. The van der Waals surface area contributed by atoms with E-state index in [0.29, 0.717) is 10.0 Å². The molecule has 38 heavy (non-hydrogen) atoms. The Kier molecular flexibility index (Phi) is 7.90. The second-order valence-electron chi connectivity index (χ2n) is 7.64. The molecule has 0 radical (unpaired) electrons. The van der Waals surface area contributed by atoms with Crippen LogP contribution in [0.5, 0.6) is 0 Å². The Morgan fingerprint density at radius 3 is 1.82 bits per heavy atom. The van der Waals surface area contributed by atoms with Gasteiger partial charge in [0, 0.05) is 28.3 Å². The van der Waals surface area contributed by atoms with Gasteiger partial charge in [0.1, 0.15) is 6.54 Å². The third-order valence-corrected chi connectivity index (χ3v) is 7.76. The highest BCUT2D eigenvalue weighted by Gasteiger charge is 2.46. The fraction of sp³-hybridized carbons (Fsp3) is 0.0435. The van der Waals surface area contributed by atoms with Crippen LogP contribution in [-0.2, 0) is 0 Å². The molecule has 9 nitrogen and oxygen atoms in total. The Labute approximate surface area is 243 Å². The van der Waals surface area contributed by atoms with E-state index in [1.54, 1.807) is 0 Å². The average Bonchev–Trinajstić information content (AvgIpc) is 3.14. The summed E-state index contributed by atoms with van der Waals surface area (Å²) in [5, 5.41) is 10.8. The van der Waals surface area contributed by atoms with Crippen molar-refractivity contribution in [1.29, 1.82) is 0 Å². The number of rotatable bonds is 6. The van der Waals surface area contributed by atoms with Gasteiger partial charge in [-0.3, -0.25) is 29.3 Å². The van der Waals surface area contributed by atoms with Crippen molar-refractivity contribution in [3.8, 4) is 0 Å². The smallest absolute Gasteiger partial charge is 0.282 e. The second-order valence-corrected chi connectivity index (χ2v) is 10.00. The number of fused-ring (bicyclic) bond motifs is 1. The Bertz CT molecular complexity index is 1530. The summed E-state index contributed by atoms with van der Waals surface area (Å²) in [4.78, 5) is 63.9. The first-order valence-electron chi connectivity index (χ1n) is 10.1. The molecule has 0 bridgehead atoms. The molecule has 0 spiro atoms. The minimum Gasteiger partial charge on any atom is -0.292 e. The molecule has 0 saturated carbocycles. The predicted octanol–water partition coefficient (Wildman–Crippen LogP) is 7.05. The molecule has 1 aliphatic rings. The molecule has 0 atom stereocenters. The van der Waals surface area contributed by atoms with Crippen molar-refractivity contribution in [2.75, 3.05) is 6.54 Å². The average molecular weight is 636 g/mol. The molecule has 0 aromatic heterocycles. The minimum absolute atomic E-state index is 0.0442. The molecule has 0 N–H and O–H groups in total. The number of carbonyl (C=O) groups excluding carboxylic acids is 4. The summed E-state index contributed by atoms with van der Waals surface area (Å²) >= 11 is 36.5. The molecule has 15 heteroatoms. The Hall–Kier alpha value is -2.92. The third-order valence-electron chi connectivity index (χ3n) is 5.41. The second kappa shape index (κ2) is 10.7. The molecule has 0 saturated heterocycles. The van der Waals surface area contributed by atoms with Crippen LogP contribution in [0.4, 0.5) is 5.69 Å². The van der Waals surface area contributed by atoms with E-state index in [0.717, 1.165) is 24.3 Å². The maximum absolute atomic E-state index is 13.6. The van der Waals surface area contributed by atoms with Gasteiger partial charge < -0.3 is 0 Å². The van der Waals surface area contributed by atoms with Crippen molar-refractivity contribution in [2.24, 2.45) is 0 Å². The number of carbonyl (C=O) groups is 4. The molecule has 0 aliphatic carbocycles. The van der Waals surface area contributed by atoms with Crippen LogP contribution in [0.3, 0.4) is 0 Å². The van der Waals surface area contributed by atoms with Crippen LogP contribution < -0.4 is 0 Å². The van der Waals surface area contributed by atoms with Crippen molar-refractivity contribution in [3.05, 3.63) is 105 Å². The van der Waals surface area contributed by atoms with E-state index in [1.165, 1.54) is 18.2 Å². The standard InChI is InChI=1S/C23H9Cl6N3O6/c24-10-3-6-12(13(25)7-10)14(33)8-30(21(34)9-1-4-11(5-2-9)32(37)38)31-22(35)15-16(23(31)36)18(27)20(29)19(28)17(15)26/h1-7H,8H2. The van der Waals surface area contributed by atoms with Crippen LogP contribution in [0.15, 0.2) is 42.5 Å². The lowest BCUT2D eigenvalue weighted by Gasteiger charge is -2.29. The molecule has 1 aliphatic heterocycles. The van der Waals surface area contributed by atoms with E-state index >= 15 is 0 Å². The summed E-state index contributed by atoms with van der Waals surface area (Å²) in [6.07, 6.45) is 0.